The molecule has 0 radical (unpaired) electrons. The van der Waals surface area contributed by atoms with Crippen molar-refractivity contribution in [2.45, 2.75) is 26.2 Å². The summed E-state index contributed by atoms with van der Waals surface area (Å²) in [5.74, 6) is 0.695. The first-order valence-corrected chi connectivity index (χ1v) is 12.0. The summed E-state index contributed by atoms with van der Waals surface area (Å²) in [6, 6.07) is 31.1. The van der Waals surface area contributed by atoms with Crippen LogP contribution in [0.1, 0.15) is 26.3 Å². The second-order valence-electron chi connectivity index (χ2n) is 10.0. The van der Waals surface area contributed by atoms with Crippen LogP contribution in [0.2, 0.25) is 0 Å². The van der Waals surface area contributed by atoms with Gasteiger partial charge in [0.2, 0.25) is 0 Å². The molecule has 0 bridgehead atoms. The molecule has 2 heterocycles. The van der Waals surface area contributed by atoms with Crippen LogP contribution in [0.5, 0.6) is 5.75 Å². The third kappa shape index (κ3) is 4.58. The first-order chi connectivity index (χ1) is 17.4. The Labute approximate surface area is 230 Å². The molecule has 0 aliphatic rings. The molecule has 0 amide bonds. The summed E-state index contributed by atoms with van der Waals surface area (Å²) in [4.78, 5) is 9.52. The number of rotatable bonds is 3. The van der Waals surface area contributed by atoms with Gasteiger partial charge in [-0.3, -0.25) is 4.98 Å². The normalized spacial score (nSPS) is 11.5. The second-order valence-corrected chi connectivity index (χ2v) is 10.0. The smallest absolute Gasteiger partial charge is 0.159 e. The molecule has 186 valence electrons. The molecule has 6 rings (SSSR count). The maximum absolute atomic E-state index is 10.4. The standard InChI is InChI=1S/C32H25N2O2.Pt/c1-32(2,3)23-18-21-11-8-16-33-29(21)26(19-23)20-9-6-10-22(17-20)31-34-30-25(13-7-15-28(30)36-31)24-12-4-5-14-27(24)35;/h4-16,18-19,35H,1-3H3;/q-1;. The van der Waals surface area contributed by atoms with Gasteiger partial charge < -0.3 is 9.52 Å². The van der Waals surface area contributed by atoms with Gasteiger partial charge in [-0.05, 0) is 34.6 Å². The number of para-hydroxylation sites is 2. The molecule has 0 aliphatic heterocycles. The minimum Gasteiger partial charge on any atom is -0.507 e. The fraction of sp³-hybridized carbons (Fsp3) is 0.125. The number of aromatic nitrogens is 2. The number of fused-ring (bicyclic) bond motifs is 2. The number of pyridine rings is 1. The topological polar surface area (TPSA) is 59.2 Å². The first kappa shape index (κ1) is 24.9. The van der Waals surface area contributed by atoms with Crippen molar-refractivity contribution in [1.29, 1.82) is 0 Å². The van der Waals surface area contributed by atoms with E-state index < -0.39 is 0 Å². The summed E-state index contributed by atoms with van der Waals surface area (Å²) in [6.07, 6.45) is 1.83. The fourth-order valence-electron chi connectivity index (χ4n) is 4.56. The SMILES string of the molecule is CC(C)(C)c1cc(-c2[c-]c(-c3nc4c(-c5ccccc5O)cccc4o3)ccc2)c2ncccc2c1.[Pt]. The van der Waals surface area contributed by atoms with Crippen molar-refractivity contribution < 1.29 is 30.6 Å². The molecule has 37 heavy (non-hydrogen) atoms. The summed E-state index contributed by atoms with van der Waals surface area (Å²) in [5, 5.41) is 11.5. The van der Waals surface area contributed by atoms with E-state index in [-0.39, 0.29) is 32.2 Å². The molecule has 1 N–H and O–H groups in total. The molecule has 0 fully saturated rings. The number of hydrogen-bond acceptors (Lipinski definition) is 4. The van der Waals surface area contributed by atoms with E-state index in [1.807, 2.05) is 54.7 Å². The maximum atomic E-state index is 10.4. The Morgan fingerprint density at radius 1 is 0.757 bits per heavy atom. The minimum absolute atomic E-state index is 0. The predicted molar refractivity (Wildman–Crippen MR) is 145 cm³/mol. The van der Waals surface area contributed by atoms with Crippen LogP contribution in [0.25, 0.3) is 55.7 Å². The van der Waals surface area contributed by atoms with E-state index in [2.05, 4.69) is 56.1 Å². The Morgan fingerprint density at radius 2 is 1.51 bits per heavy atom. The largest absolute Gasteiger partial charge is 0.507 e. The molecule has 0 saturated heterocycles. The monoisotopic (exact) mass is 664 g/mol. The van der Waals surface area contributed by atoms with Crippen molar-refractivity contribution in [3.05, 3.63) is 103 Å². The molecule has 0 atom stereocenters. The Kier molecular flexibility index (Phi) is 6.47. The van der Waals surface area contributed by atoms with Gasteiger partial charge in [0.15, 0.2) is 5.89 Å². The molecular formula is C32H25N2O2Pt-. The van der Waals surface area contributed by atoms with Crippen molar-refractivity contribution in [1.82, 2.24) is 9.97 Å². The van der Waals surface area contributed by atoms with E-state index in [9.17, 15) is 5.11 Å². The van der Waals surface area contributed by atoms with Gasteiger partial charge in [-0.25, -0.2) is 4.98 Å². The van der Waals surface area contributed by atoms with Crippen molar-refractivity contribution in [3.63, 3.8) is 0 Å². The molecule has 6 aromatic rings. The van der Waals surface area contributed by atoms with Crippen LogP contribution in [0.4, 0.5) is 0 Å². The van der Waals surface area contributed by atoms with Crippen LogP contribution < -0.4 is 0 Å². The number of aromatic hydroxyl groups is 1. The Hall–Kier alpha value is -3.75. The van der Waals surface area contributed by atoms with E-state index in [4.69, 9.17) is 9.40 Å². The number of oxazole rings is 1. The molecule has 5 heteroatoms. The average Bonchev–Trinajstić information content (AvgIpc) is 3.33. The molecule has 0 aliphatic carbocycles. The summed E-state index contributed by atoms with van der Waals surface area (Å²) in [5.41, 5.74) is 7.82. The average molecular weight is 665 g/mol. The Balaban J connectivity index is 0.00000280. The molecule has 4 nitrogen and oxygen atoms in total. The number of nitrogens with zero attached hydrogens (tertiary/aromatic N) is 2. The van der Waals surface area contributed by atoms with Gasteiger partial charge in [0, 0.05) is 43.9 Å². The van der Waals surface area contributed by atoms with Gasteiger partial charge in [-0.2, -0.15) is 0 Å². The molecule has 0 unspecified atom stereocenters. The van der Waals surface area contributed by atoms with Gasteiger partial charge in [0.25, 0.3) is 0 Å². The van der Waals surface area contributed by atoms with Crippen LogP contribution in [0.15, 0.2) is 95.5 Å². The Bertz CT molecular complexity index is 1750. The van der Waals surface area contributed by atoms with Crippen LogP contribution in [0, 0.1) is 6.07 Å². The predicted octanol–water partition coefficient (Wildman–Crippen LogP) is 8.18. The van der Waals surface area contributed by atoms with Crippen LogP contribution in [0.3, 0.4) is 0 Å². The number of hydrogen-bond donors (Lipinski definition) is 1. The van der Waals surface area contributed by atoms with Gasteiger partial charge in [-0.1, -0.05) is 80.4 Å². The molecule has 0 saturated carbocycles. The third-order valence-corrected chi connectivity index (χ3v) is 6.50. The quantitative estimate of drug-likeness (QED) is 0.194. The molecule has 2 aromatic heterocycles. The van der Waals surface area contributed by atoms with E-state index in [0.717, 1.165) is 38.7 Å². The van der Waals surface area contributed by atoms with Crippen LogP contribution in [-0.2, 0) is 26.5 Å². The minimum atomic E-state index is -0.00389. The van der Waals surface area contributed by atoms with E-state index >= 15 is 0 Å². The van der Waals surface area contributed by atoms with E-state index in [0.29, 0.717) is 17.0 Å². The molecular weight excluding hydrogens is 639 g/mol. The summed E-state index contributed by atoms with van der Waals surface area (Å²) in [6.45, 7) is 6.65. The van der Waals surface area contributed by atoms with Crippen molar-refractivity contribution in [2.75, 3.05) is 0 Å². The van der Waals surface area contributed by atoms with Crippen molar-refractivity contribution in [2.24, 2.45) is 0 Å². The fourth-order valence-corrected chi connectivity index (χ4v) is 4.56. The van der Waals surface area contributed by atoms with E-state index in [1.165, 1.54) is 5.56 Å². The maximum Gasteiger partial charge on any atom is 0.159 e. The number of benzene rings is 4. The van der Waals surface area contributed by atoms with Gasteiger partial charge >= 0.3 is 0 Å². The van der Waals surface area contributed by atoms with Crippen molar-refractivity contribution >= 4 is 22.0 Å². The number of phenolic OH excluding ortho intramolecular Hbond substituents is 1. The Morgan fingerprint density at radius 3 is 2.32 bits per heavy atom. The molecule has 4 aromatic carbocycles. The van der Waals surface area contributed by atoms with E-state index in [1.54, 1.807) is 12.1 Å². The van der Waals surface area contributed by atoms with Gasteiger partial charge in [-0.15, -0.1) is 29.8 Å². The molecule has 0 spiro atoms. The first-order valence-electron chi connectivity index (χ1n) is 12.0. The van der Waals surface area contributed by atoms with Crippen LogP contribution in [-0.4, -0.2) is 15.1 Å². The second kappa shape index (κ2) is 9.61. The van der Waals surface area contributed by atoms with Gasteiger partial charge in [0.1, 0.15) is 16.8 Å². The summed E-state index contributed by atoms with van der Waals surface area (Å²) in [7, 11) is 0. The van der Waals surface area contributed by atoms with Gasteiger partial charge in [0.05, 0.1) is 0 Å². The van der Waals surface area contributed by atoms with Crippen LogP contribution >= 0.6 is 0 Å². The zero-order chi connectivity index (χ0) is 24.9. The summed E-state index contributed by atoms with van der Waals surface area (Å²) >= 11 is 0. The number of phenols is 1. The summed E-state index contributed by atoms with van der Waals surface area (Å²) < 4.78 is 6.17. The zero-order valence-corrected chi connectivity index (χ0v) is 23.0. The van der Waals surface area contributed by atoms with Crippen molar-refractivity contribution in [3.8, 4) is 39.5 Å². The third-order valence-electron chi connectivity index (χ3n) is 6.50. The zero-order valence-electron chi connectivity index (χ0n) is 20.7.